The number of aryl methyl sites for hydroxylation is 1. The van der Waals surface area contributed by atoms with Gasteiger partial charge in [-0.25, -0.2) is 13.8 Å². The van der Waals surface area contributed by atoms with E-state index in [1.807, 2.05) is 24.0 Å². The number of nitrogens with zero attached hydrogens (tertiary/aromatic N) is 2. The second kappa shape index (κ2) is 6.98. The van der Waals surface area contributed by atoms with Crippen LogP contribution in [0.5, 0.6) is 0 Å². The molecule has 28 heavy (non-hydrogen) atoms. The summed E-state index contributed by atoms with van der Waals surface area (Å²) in [7, 11) is 0. The Hall–Kier alpha value is -2.80. The minimum atomic E-state index is -0.710. The average molecular weight is 385 g/mol. The van der Waals surface area contributed by atoms with Crippen LogP contribution in [0.1, 0.15) is 34.3 Å². The number of hydrazine groups is 1. The minimum Gasteiger partial charge on any atom is -0.296 e. The molecule has 2 fully saturated rings. The molecule has 2 amide bonds. The summed E-state index contributed by atoms with van der Waals surface area (Å²) in [6.45, 7) is 2.86. The molecule has 146 valence electrons. The van der Waals surface area contributed by atoms with E-state index in [2.05, 4.69) is 5.43 Å². The molecule has 2 aliphatic heterocycles. The van der Waals surface area contributed by atoms with E-state index in [1.165, 1.54) is 23.2 Å². The molecule has 2 saturated heterocycles. The average Bonchev–Trinajstić information content (AvgIpc) is 3.21. The zero-order chi connectivity index (χ0) is 19.9. The molecule has 2 aliphatic rings. The highest BCUT2D eigenvalue weighted by Crippen LogP contribution is 2.36. The van der Waals surface area contributed by atoms with E-state index >= 15 is 0 Å². The number of carbonyl (C=O) groups is 2. The van der Waals surface area contributed by atoms with Crippen LogP contribution in [0.15, 0.2) is 42.5 Å². The lowest BCUT2D eigenvalue weighted by Crippen LogP contribution is -2.53. The Bertz CT molecular complexity index is 929. The van der Waals surface area contributed by atoms with Crippen molar-refractivity contribution in [3.8, 4) is 0 Å². The maximum absolute atomic E-state index is 14.0. The summed E-state index contributed by atoms with van der Waals surface area (Å²) in [6, 6.07) is 11.0. The fourth-order valence-corrected chi connectivity index (χ4v) is 4.17. The Morgan fingerprint density at radius 1 is 1.14 bits per heavy atom. The van der Waals surface area contributed by atoms with Gasteiger partial charge >= 0.3 is 0 Å². The first-order valence-electron chi connectivity index (χ1n) is 9.24. The SMILES string of the molecule is Cc1ccccc1C(=O)N1NC(=O)CC12CCN(Cc1c(F)cccc1F)C2. The first kappa shape index (κ1) is 18.6. The lowest BCUT2D eigenvalue weighted by molar-refractivity contribution is -0.120. The molecule has 2 aromatic rings. The van der Waals surface area contributed by atoms with Crippen molar-refractivity contribution < 1.29 is 18.4 Å². The van der Waals surface area contributed by atoms with Crippen LogP contribution in [0.3, 0.4) is 0 Å². The summed E-state index contributed by atoms with van der Waals surface area (Å²) in [5.41, 5.74) is 3.34. The number of hydrogen-bond donors (Lipinski definition) is 1. The van der Waals surface area contributed by atoms with E-state index in [9.17, 15) is 18.4 Å². The van der Waals surface area contributed by atoms with Crippen molar-refractivity contribution in [2.45, 2.75) is 31.8 Å². The van der Waals surface area contributed by atoms with E-state index < -0.39 is 17.2 Å². The Balaban J connectivity index is 1.57. The fraction of sp³-hybridized carbons (Fsp3) is 0.333. The second-order valence-corrected chi connectivity index (χ2v) is 7.55. The number of halogens is 2. The number of hydrogen-bond acceptors (Lipinski definition) is 3. The highest BCUT2D eigenvalue weighted by atomic mass is 19.1. The topological polar surface area (TPSA) is 52.7 Å². The summed E-state index contributed by atoms with van der Waals surface area (Å²) >= 11 is 0. The van der Waals surface area contributed by atoms with Crippen LogP contribution in [0.4, 0.5) is 8.78 Å². The molecule has 5 nitrogen and oxygen atoms in total. The quantitative estimate of drug-likeness (QED) is 0.884. The Morgan fingerprint density at radius 3 is 2.57 bits per heavy atom. The van der Waals surface area contributed by atoms with Gasteiger partial charge in [0.25, 0.3) is 5.91 Å². The van der Waals surface area contributed by atoms with Crippen molar-refractivity contribution >= 4 is 11.8 Å². The first-order chi connectivity index (χ1) is 13.4. The lowest BCUT2D eigenvalue weighted by Gasteiger charge is -2.33. The van der Waals surface area contributed by atoms with Gasteiger partial charge in [-0.2, -0.15) is 0 Å². The van der Waals surface area contributed by atoms with E-state index in [0.29, 0.717) is 25.1 Å². The van der Waals surface area contributed by atoms with E-state index in [0.717, 1.165) is 5.56 Å². The van der Waals surface area contributed by atoms with Crippen molar-refractivity contribution in [2.75, 3.05) is 13.1 Å². The van der Waals surface area contributed by atoms with Gasteiger partial charge in [-0.05, 0) is 37.1 Å². The minimum absolute atomic E-state index is 0.00798. The largest absolute Gasteiger partial charge is 0.296 e. The van der Waals surface area contributed by atoms with E-state index in [-0.39, 0.29) is 30.3 Å². The molecular formula is C21H21F2N3O2. The number of carbonyl (C=O) groups excluding carboxylic acids is 2. The van der Waals surface area contributed by atoms with Crippen LogP contribution in [0.25, 0.3) is 0 Å². The molecule has 1 atom stereocenters. The number of rotatable bonds is 3. The molecule has 7 heteroatoms. The highest BCUT2D eigenvalue weighted by Gasteiger charge is 2.52. The smallest absolute Gasteiger partial charge is 0.273 e. The lowest BCUT2D eigenvalue weighted by atomic mass is 9.94. The highest BCUT2D eigenvalue weighted by molar-refractivity contribution is 5.99. The standard InChI is InChI=1S/C21H21F2N3O2/c1-14-5-2-3-6-15(14)20(28)26-21(11-19(27)24-26)9-10-25(13-21)12-16-17(22)7-4-8-18(16)23/h2-8H,9-13H2,1H3,(H,24,27). The molecule has 1 unspecified atom stereocenters. The van der Waals surface area contributed by atoms with Crippen LogP contribution in [-0.2, 0) is 11.3 Å². The molecule has 1 spiro atoms. The van der Waals surface area contributed by atoms with Crippen molar-refractivity contribution in [2.24, 2.45) is 0 Å². The van der Waals surface area contributed by atoms with Gasteiger partial charge in [0, 0.05) is 30.8 Å². The molecule has 2 heterocycles. The van der Waals surface area contributed by atoms with Crippen LogP contribution < -0.4 is 5.43 Å². The predicted molar refractivity (Wildman–Crippen MR) is 99.1 cm³/mol. The molecule has 1 N–H and O–H groups in total. The third kappa shape index (κ3) is 3.16. The van der Waals surface area contributed by atoms with Crippen LogP contribution in [-0.4, -0.2) is 40.4 Å². The second-order valence-electron chi connectivity index (χ2n) is 7.55. The zero-order valence-electron chi connectivity index (χ0n) is 15.5. The van der Waals surface area contributed by atoms with E-state index in [4.69, 9.17) is 0 Å². The summed E-state index contributed by atoms with van der Waals surface area (Å²) < 4.78 is 28.0. The van der Waals surface area contributed by atoms with Gasteiger partial charge in [0.05, 0.1) is 12.0 Å². The van der Waals surface area contributed by atoms with Crippen LogP contribution in [0, 0.1) is 18.6 Å². The molecular weight excluding hydrogens is 364 g/mol. The summed E-state index contributed by atoms with van der Waals surface area (Å²) in [5.74, 6) is -1.66. The third-order valence-electron chi connectivity index (χ3n) is 5.63. The van der Waals surface area contributed by atoms with Gasteiger partial charge in [0.2, 0.25) is 5.91 Å². The fourth-order valence-electron chi connectivity index (χ4n) is 4.17. The number of amides is 2. The van der Waals surface area contributed by atoms with Crippen molar-refractivity contribution in [1.82, 2.24) is 15.3 Å². The van der Waals surface area contributed by atoms with Gasteiger partial charge in [-0.15, -0.1) is 0 Å². The van der Waals surface area contributed by atoms with Crippen LogP contribution >= 0.6 is 0 Å². The molecule has 0 saturated carbocycles. The summed E-state index contributed by atoms with van der Waals surface area (Å²) in [4.78, 5) is 27.2. The van der Waals surface area contributed by atoms with Crippen molar-refractivity contribution in [3.63, 3.8) is 0 Å². The third-order valence-corrected chi connectivity index (χ3v) is 5.63. The molecule has 0 aromatic heterocycles. The number of benzene rings is 2. The number of nitrogens with one attached hydrogen (secondary N) is 1. The first-order valence-corrected chi connectivity index (χ1v) is 9.24. The molecule has 4 rings (SSSR count). The number of likely N-dealkylation sites (tertiary alicyclic amines) is 1. The summed E-state index contributed by atoms with van der Waals surface area (Å²) in [5, 5.41) is 1.43. The molecule has 0 bridgehead atoms. The Morgan fingerprint density at radius 2 is 1.86 bits per heavy atom. The summed E-state index contributed by atoms with van der Waals surface area (Å²) in [6.07, 6.45) is 0.736. The molecule has 0 aliphatic carbocycles. The maximum Gasteiger partial charge on any atom is 0.273 e. The van der Waals surface area contributed by atoms with E-state index in [1.54, 1.807) is 12.1 Å². The maximum atomic E-state index is 14.0. The van der Waals surface area contributed by atoms with Gasteiger partial charge in [-0.1, -0.05) is 24.3 Å². The van der Waals surface area contributed by atoms with Crippen molar-refractivity contribution in [1.29, 1.82) is 0 Å². The van der Waals surface area contributed by atoms with Crippen LogP contribution in [0.2, 0.25) is 0 Å². The van der Waals surface area contributed by atoms with Gasteiger partial charge in [-0.3, -0.25) is 19.9 Å². The van der Waals surface area contributed by atoms with Gasteiger partial charge in [0.15, 0.2) is 0 Å². The molecule has 2 aromatic carbocycles. The van der Waals surface area contributed by atoms with Crippen molar-refractivity contribution in [3.05, 3.63) is 70.8 Å². The zero-order valence-corrected chi connectivity index (χ0v) is 15.5. The van der Waals surface area contributed by atoms with Gasteiger partial charge < -0.3 is 0 Å². The Labute approximate surface area is 161 Å². The Kier molecular flexibility index (Phi) is 4.63. The molecule has 0 radical (unpaired) electrons. The van der Waals surface area contributed by atoms with Gasteiger partial charge in [0.1, 0.15) is 11.6 Å². The monoisotopic (exact) mass is 385 g/mol. The normalized spacial score (nSPS) is 22.1. The predicted octanol–water partition coefficient (Wildman–Crippen LogP) is 2.80.